The van der Waals surface area contributed by atoms with Crippen LogP contribution >= 0.6 is 0 Å². The van der Waals surface area contributed by atoms with E-state index in [2.05, 4.69) is 10.6 Å². The second kappa shape index (κ2) is 13.3. The van der Waals surface area contributed by atoms with Crippen LogP contribution in [0.25, 0.3) is 11.3 Å². The largest absolute Gasteiger partial charge is 0.496 e. The number of carbonyl (C=O) groups excluding carboxylic acids is 3. The van der Waals surface area contributed by atoms with E-state index in [1.165, 1.54) is 7.11 Å². The quantitative estimate of drug-likeness (QED) is 0.425. The van der Waals surface area contributed by atoms with Gasteiger partial charge in [0.05, 0.1) is 38.6 Å². The van der Waals surface area contributed by atoms with Crippen LogP contribution in [0.2, 0.25) is 0 Å². The van der Waals surface area contributed by atoms with Gasteiger partial charge in [0, 0.05) is 6.54 Å². The second-order valence-corrected chi connectivity index (χ2v) is 10.5. The topological polar surface area (TPSA) is 130 Å². The van der Waals surface area contributed by atoms with Crippen LogP contribution in [0, 0.1) is 0 Å². The predicted octanol–water partition coefficient (Wildman–Crippen LogP) is 4.26. The third kappa shape index (κ3) is 7.87. The highest BCUT2D eigenvalue weighted by atomic mass is 16.6. The van der Waals surface area contributed by atoms with E-state index in [1.807, 2.05) is 22.9 Å². The van der Waals surface area contributed by atoms with Crippen molar-refractivity contribution in [1.29, 1.82) is 0 Å². The minimum absolute atomic E-state index is 0.0924. The average Bonchev–Trinajstić information content (AvgIpc) is 3.36. The lowest BCUT2D eigenvalue weighted by atomic mass is 9.95. The third-order valence-electron chi connectivity index (χ3n) is 6.47. The van der Waals surface area contributed by atoms with Gasteiger partial charge in [-0.05, 0) is 58.2 Å². The molecule has 2 aromatic rings. The van der Waals surface area contributed by atoms with Crippen LogP contribution in [0.4, 0.5) is 4.79 Å². The van der Waals surface area contributed by atoms with E-state index < -0.39 is 29.6 Å². The molecule has 1 aromatic carbocycles. The Labute approximate surface area is 229 Å². The van der Waals surface area contributed by atoms with Gasteiger partial charge in [-0.1, -0.05) is 25.3 Å². The molecule has 0 unspecified atom stereocenters. The Bertz CT molecular complexity index is 1130. The number of ether oxygens (including phenoxy) is 4. The van der Waals surface area contributed by atoms with Crippen LogP contribution in [0.3, 0.4) is 0 Å². The molecule has 1 aliphatic carbocycles. The Hall–Kier alpha value is -3.76. The molecule has 39 heavy (non-hydrogen) atoms. The van der Waals surface area contributed by atoms with Crippen molar-refractivity contribution in [2.45, 2.75) is 77.0 Å². The molecule has 2 N–H and O–H groups in total. The van der Waals surface area contributed by atoms with Crippen LogP contribution in [0.15, 0.2) is 24.3 Å². The van der Waals surface area contributed by atoms with Crippen LogP contribution in [-0.4, -0.2) is 67.3 Å². The van der Waals surface area contributed by atoms with Gasteiger partial charge in [0.1, 0.15) is 23.1 Å². The number of carbonyl (C=O) groups is 3. The number of hydrogen-bond donors (Lipinski definition) is 2. The summed E-state index contributed by atoms with van der Waals surface area (Å²) in [5.74, 6) is 0.0258. The summed E-state index contributed by atoms with van der Waals surface area (Å²) in [6.07, 6.45) is 4.68. The molecule has 1 heterocycles. The third-order valence-corrected chi connectivity index (χ3v) is 6.47. The lowest BCUT2D eigenvalue weighted by Gasteiger charge is -2.25. The molecule has 1 atom stereocenters. The summed E-state index contributed by atoms with van der Waals surface area (Å²) < 4.78 is 23.3. The number of nitrogens with one attached hydrogen (secondary N) is 2. The minimum atomic E-state index is -0.999. The van der Waals surface area contributed by atoms with Crippen LogP contribution in [-0.2, 0) is 14.3 Å². The first-order valence-corrected chi connectivity index (χ1v) is 13.2. The summed E-state index contributed by atoms with van der Waals surface area (Å²) in [4.78, 5) is 37.8. The van der Waals surface area contributed by atoms with Crippen molar-refractivity contribution in [2.75, 3.05) is 27.9 Å². The van der Waals surface area contributed by atoms with Crippen molar-refractivity contribution >= 4 is 18.0 Å². The van der Waals surface area contributed by atoms with E-state index in [0.717, 1.165) is 32.1 Å². The first-order valence-electron chi connectivity index (χ1n) is 13.2. The molecule has 0 saturated heterocycles. The van der Waals surface area contributed by atoms with Crippen LogP contribution < -0.4 is 20.1 Å². The van der Waals surface area contributed by atoms with Gasteiger partial charge in [-0.15, -0.1) is 0 Å². The first-order chi connectivity index (χ1) is 18.6. The zero-order valence-electron chi connectivity index (χ0n) is 23.7. The second-order valence-electron chi connectivity index (χ2n) is 10.5. The lowest BCUT2D eigenvalue weighted by molar-refractivity contribution is -0.143. The summed E-state index contributed by atoms with van der Waals surface area (Å²) in [5, 5.41) is 10.0. The standard InChI is InChI=1S/C28H40N4O7/c1-28(2,3)39-27(35)29-16-15-19(26(34)38-6)30-25(33)20-17-21(32(31-20)18-11-8-7-9-12-18)24-22(36-4)13-10-14-23(24)37-5/h10,13-14,17-19H,7-9,11-12,15-16H2,1-6H3,(H,29,35)(H,30,33)/t19-/m0/s1. The fourth-order valence-electron chi connectivity index (χ4n) is 4.66. The Balaban J connectivity index is 1.87. The Morgan fingerprint density at radius 3 is 2.26 bits per heavy atom. The van der Waals surface area contributed by atoms with E-state index >= 15 is 0 Å². The van der Waals surface area contributed by atoms with Gasteiger partial charge in [0.25, 0.3) is 5.91 Å². The van der Waals surface area contributed by atoms with Crippen LogP contribution in [0.1, 0.15) is 75.8 Å². The number of benzene rings is 1. The number of amides is 2. The zero-order valence-corrected chi connectivity index (χ0v) is 23.7. The lowest BCUT2D eigenvalue weighted by Crippen LogP contribution is -2.44. The van der Waals surface area contributed by atoms with Gasteiger partial charge in [0.15, 0.2) is 5.69 Å². The highest BCUT2D eigenvalue weighted by molar-refractivity contribution is 5.96. The number of rotatable bonds is 10. The number of esters is 1. The van der Waals surface area contributed by atoms with Crippen molar-refractivity contribution in [1.82, 2.24) is 20.4 Å². The average molecular weight is 545 g/mol. The fraction of sp³-hybridized carbons (Fsp3) is 0.571. The molecule has 1 aromatic heterocycles. The van der Waals surface area contributed by atoms with E-state index in [9.17, 15) is 14.4 Å². The number of aromatic nitrogens is 2. The van der Waals surface area contributed by atoms with E-state index in [0.29, 0.717) is 22.8 Å². The van der Waals surface area contributed by atoms with E-state index in [1.54, 1.807) is 41.1 Å². The van der Waals surface area contributed by atoms with Gasteiger partial charge in [-0.2, -0.15) is 5.10 Å². The van der Waals surface area contributed by atoms with Gasteiger partial charge < -0.3 is 29.6 Å². The molecule has 0 radical (unpaired) electrons. The summed E-state index contributed by atoms with van der Waals surface area (Å²) in [6.45, 7) is 5.36. The van der Waals surface area contributed by atoms with Gasteiger partial charge in [-0.3, -0.25) is 9.48 Å². The number of hydrogen-bond acceptors (Lipinski definition) is 8. The molecular weight excluding hydrogens is 504 g/mol. The minimum Gasteiger partial charge on any atom is -0.496 e. The molecule has 0 spiro atoms. The zero-order chi connectivity index (χ0) is 28.6. The highest BCUT2D eigenvalue weighted by Gasteiger charge is 2.29. The molecule has 0 aliphatic heterocycles. The molecular formula is C28H40N4O7. The molecule has 0 bridgehead atoms. The normalized spacial score (nSPS) is 14.7. The van der Waals surface area contributed by atoms with Crippen molar-refractivity contribution < 1.29 is 33.3 Å². The van der Waals surface area contributed by atoms with Gasteiger partial charge in [0.2, 0.25) is 0 Å². The number of nitrogens with zero attached hydrogens (tertiary/aromatic N) is 2. The molecule has 1 saturated carbocycles. The maximum absolute atomic E-state index is 13.4. The Kier molecular flexibility index (Phi) is 10.2. The highest BCUT2D eigenvalue weighted by Crippen LogP contribution is 2.41. The molecule has 11 heteroatoms. The molecule has 3 rings (SSSR count). The maximum Gasteiger partial charge on any atom is 0.407 e. The maximum atomic E-state index is 13.4. The summed E-state index contributed by atoms with van der Waals surface area (Å²) in [5.41, 5.74) is 0.893. The van der Waals surface area contributed by atoms with E-state index in [4.69, 9.17) is 24.0 Å². The van der Waals surface area contributed by atoms with E-state index in [-0.39, 0.29) is 24.7 Å². The molecule has 1 aliphatic rings. The molecule has 214 valence electrons. The smallest absolute Gasteiger partial charge is 0.407 e. The van der Waals surface area contributed by atoms with Crippen molar-refractivity contribution in [3.8, 4) is 22.8 Å². The number of alkyl carbamates (subject to hydrolysis) is 1. The van der Waals surface area contributed by atoms with Crippen LogP contribution in [0.5, 0.6) is 11.5 Å². The van der Waals surface area contributed by atoms with Gasteiger partial charge in [-0.25, -0.2) is 9.59 Å². The number of methoxy groups -OCH3 is 3. The first kappa shape index (κ1) is 29.8. The molecule has 2 amide bonds. The Morgan fingerprint density at radius 2 is 1.69 bits per heavy atom. The van der Waals surface area contributed by atoms with Crippen molar-refractivity contribution in [3.05, 3.63) is 30.0 Å². The predicted molar refractivity (Wildman–Crippen MR) is 145 cm³/mol. The fourth-order valence-corrected chi connectivity index (χ4v) is 4.66. The summed E-state index contributed by atoms with van der Waals surface area (Å²) >= 11 is 0. The Morgan fingerprint density at radius 1 is 1.05 bits per heavy atom. The summed E-state index contributed by atoms with van der Waals surface area (Å²) in [7, 11) is 4.41. The van der Waals surface area contributed by atoms with Gasteiger partial charge >= 0.3 is 12.1 Å². The summed E-state index contributed by atoms with van der Waals surface area (Å²) in [6, 6.07) is 6.31. The molecule has 1 fully saturated rings. The van der Waals surface area contributed by atoms with Crippen molar-refractivity contribution in [2.24, 2.45) is 0 Å². The monoisotopic (exact) mass is 544 g/mol. The molecule has 11 nitrogen and oxygen atoms in total. The van der Waals surface area contributed by atoms with Crippen molar-refractivity contribution in [3.63, 3.8) is 0 Å². The SMILES string of the molecule is COC(=O)[C@H](CCNC(=O)OC(C)(C)C)NC(=O)c1cc(-c2c(OC)cccc2OC)n(C2CCCCC2)n1.